The summed E-state index contributed by atoms with van der Waals surface area (Å²) in [4.78, 5) is 22.9. The van der Waals surface area contributed by atoms with E-state index in [1.807, 2.05) is 23.9 Å². The van der Waals surface area contributed by atoms with E-state index in [2.05, 4.69) is 56.7 Å². The van der Waals surface area contributed by atoms with E-state index in [0.717, 1.165) is 60.6 Å². The van der Waals surface area contributed by atoms with Gasteiger partial charge in [0.15, 0.2) is 11.5 Å². The van der Waals surface area contributed by atoms with Gasteiger partial charge in [0.2, 0.25) is 5.95 Å². The zero-order chi connectivity index (χ0) is 26.2. The van der Waals surface area contributed by atoms with Crippen LogP contribution in [0.25, 0.3) is 28.2 Å². The number of hydrogen-bond acceptors (Lipinski definition) is 7. The monoisotopic (exact) mass is 511 g/mol. The van der Waals surface area contributed by atoms with Gasteiger partial charge in [-0.25, -0.2) is 14.5 Å². The lowest BCUT2D eigenvalue weighted by Gasteiger charge is -2.30. The number of halogens is 1. The molecule has 5 heterocycles. The van der Waals surface area contributed by atoms with Gasteiger partial charge in [-0.1, -0.05) is 29.8 Å². The highest BCUT2D eigenvalue weighted by Crippen LogP contribution is 2.38. The van der Waals surface area contributed by atoms with Crippen LogP contribution in [0.5, 0.6) is 0 Å². The minimum Gasteiger partial charge on any atom is -0.354 e. The molecule has 1 fully saturated rings. The van der Waals surface area contributed by atoms with Crippen molar-refractivity contribution < 1.29 is 9.18 Å². The molecule has 1 aliphatic heterocycles. The fraction of sp³-hybridized carbons (Fsp3) is 0.222. The number of anilines is 2. The number of fused-ring (bicyclic) bond motifs is 1. The molecule has 0 unspecified atom stereocenters. The highest BCUT2D eigenvalue weighted by molar-refractivity contribution is 6.03. The summed E-state index contributed by atoms with van der Waals surface area (Å²) in [7, 11) is 1.96. The van der Waals surface area contributed by atoms with Crippen molar-refractivity contribution in [1.82, 2.24) is 34.7 Å². The first-order valence-electron chi connectivity index (χ1n) is 12.4. The fourth-order valence-corrected chi connectivity index (χ4v) is 4.71. The number of imidazole rings is 1. The maximum Gasteiger partial charge on any atom is 0.257 e. The second-order valence-corrected chi connectivity index (χ2v) is 9.24. The number of benzene rings is 1. The van der Waals surface area contributed by atoms with Gasteiger partial charge in [0.25, 0.3) is 5.91 Å². The van der Waals surface area contributed by atoms with E-state index in [4.69, 9.17) is 10.2 Å². The third kappa shape index (κ3) is 4.48. The van der Waals surface area contributed by atoms with Gasteiger partial charge in [-0.05, 0) is 25.1 Å². The van der Waals surface area contributed by atoms with Crippen LogP contribution < -0.4 is 15.5 Å². The Hall–Kier alpha value is -4.64. The first-order chi connectivity index (χ1) is 18.5. The van der Waals surface area contributed by atoms with E-state index in [-0.39, 0.29) is 5.56 Å². The highest BCUT2D eigenvalue weighted by atomic mass is 19.1. The van der Waals surface area contributed by atoms with Gasteiger partial charge in [0, 0.05) is 56.6 Å². The molecule has 38 heavy (non-hydrogen) atoms. The minimum absolute atomic E-state index is 0.155. The molecule has 0 spiro atoms. The number of hydrogen-bond donors (Lipinski definition) is 2. The van der Waals surface area contributed by atoms with Crippen molar-refractivity contribution in [3.8, 4) is 22.5 Å². The molecule has 1 aliphatic rings. The summed E-state index contributed by atoms with van der Waals surface area (Å²) < 4.78 is 17.0. The summed E-state index contributed by atoms with van der Waals surface area (Å²) in [6.07, 6.45) is 2.89. The molecule has 0 saturated carbocycles. The van der Waals surface area contributed by atoms with Crippen LogP contribution in [0, 0.1) is 12.9 Å². The van der Waals surface area contributed by atoms with E-state index in [0.29, 0.717) is 11.5 Å². The summed E-state index contributed by atoms with van der Waals surface area (Å²) in [5, 5.41) is 15.9. The summed E-state index contributed by atoms with van der Waals surface area (Å²) in [6, 6.07) is 14.6. The van der Waals surface area contributed by atoms with Crippen molar-refractivity contribution >= 4 is 23.2 Å². The van der Waals surface area contributed by atoms with E-state index >= 15 is 0 Å². The number of pyridine rings is 1. The molecule has 0 atom stereocenters. The molecule has 11 heteroatoms. The highest BCUT2D eigenvalue weighted by Gasteiger charge is 2.26. The lowest BCUT2D eigenvalue weighted by atomic mass is 10.0. The van der Waals surface area contributed by atoms with Crippen LogP contribution in [-0.2, 0) is 7.05 Å². The fourth-order valence-electron chi connectivity index (χ4n) is 4.71. The first kappa shape index (κ1) is 23.7. The Bertz CT molecular complexity index is 1630. The molecular formula is C27H26FN9O. The SMILES string of the molecule is Cc1ccc(-c2nn(C)c(N3CCNCC3)c2-c2ccc3nc(NC(=O)c4ccnc(F)c4)cn3n2)cc1. The smallest absolute Gasteiger partial charge is 0.257 e. The molecular weight excluding hydrogens is 485 g/mol. The normalized spacial score (nSPS) is 13.7. The third-order valence-electron chi connectivity index (χ3n) is 6.57. The predicted molar refractivity (Wildman–Crippen MR) is 143 cm³/mol. The van der Waals surface area contributed by atoms with Gasteiger partial charge in [-0.2, -0.15) is 14.6 Å². The largest absolute Gasteiger partial charge is 0.354 e. The van der Waals surface area contributed by atoms with Gasteiger partial charge in [0.05, 0.1) is 17.5 Å². The maximum atomic E-state index is 13.4. The average Bonchev–Trinajstić information content (AvgIpc) is 3.49. The summed E-state index contributed by atoms with van der Waals surface area (Å²) in [6.45, 7) is 5.56. The van der Waals surface area contributed by atoms with E-state index in [1.54, 1.807) is 10.7 Å². The van der Waals surface area contributed by atoms with Gasteiger partial charge in [0.1, 0.15) is 11.5 Å². The number of carbonyl (C=O) groups is 1. The van der Waals surface area contributed by atoms with Crippen LogP contribution in [0.15, 0.2) is 60.9 Å². The molecule has 1 saturated heterocycles. The molecule has 0 aliphatic carbocycles. The van der Waals surface area contributed by atoms with Crippen LogP contribution >= 0.6 is 0 Å². The Labute approximate surface area is 218 Å². The minimum atomic E-state index is -0.722. The number of piperazine rings is 1. The van der Waals surface area contributed by atoms with Crippen LogP contribution in [-0.4, -0.2) is 61.4 Å². The number of aromatic nitrogens is 6. The van der Waals surface area contributed by atoms with Crippen molar-refractivity contribution in [2.45, 2.75) is 6.92 Å². The number of nitrogens with zero attached hydrogens (tertiary/aromatic N) is 7. The van der Waals surface area contributed by atoms with Crippen LogP contribution in [0.3, 0.4) is 0 Å². The molecule has 0 radical (unpaired) electrons. The molecule has 4 aromatic heterocycles. The van der Waals surface area contributed by atoms with Crippen LogP contribution in [0.4, 0.5) is 16.0 Å². The van der Waals surface area contributed by atoms with Gasteiger partial charge in [-0.15, -0.1) is 0 Å². The Balaban J connectivity index is 1.41. The third-order valence-corrected chi connectivity index (χ3v) is 6.57. The van der Waals surface area contributed by atoms with Crippen molar-refractivity contribution in [3.63, 3.8) is 0 Å². The zero-order valence-corrected chi connectivity index (χ0v) is 21.0. The van der Waals surface area contributed by atoms with E-state index < -0.39 is 11.9 Å². The Kier molecular flexibility index (Phi) is 6.04. The van der Waals surface area contributed by atoms with Crippen molar-refractivity contribution in [3.05, 3.63) is 78.0 Å². The molecule has 6 rings (SSSR count). The standard InChI is InChI=1S/C27H26FN9O/c1-17-3-5-18(6-4-17)25-24(27(35(2)34-25)36-13-11-29-12-14-36)20-7-8-23-31-22(16-37(23)33-20)32-26(38)19-9-10-30-21(28)15-19/h3-10,15-16,29H,11-14H2,1-2H3,(H,32,38). The number of rotatable bonds is 5. The zero-order valence-electron chi connectivity index (χ0n) is 21.0. The van der Waals surface area contributed by atoms with Crippen LogP contribution in [0.1, 0.15) is 15.9 Å². The number of carbonyl (C=O) groups excluding carboxylic acids is 1. The van der Waals surface area contributed by atoms with Crippen molar-refractivity contribution in [1.29, 1.82) is 0 Å². The molecule has 2 N–H and O–H groups in total. The quantitative estimate of drug-likeness (QED) is 0.349. The molecule has 1 aromatic carbocycles. The Morgan fingerprint density at radius 1 is 1.05 bits per heavy atom. The van der Waals surface area contributed by atoms with E-state index in [1.165, 1.54) is 17.8 Å². The van der Waals surface area contributed by atoms with Crippen molar-refractivity contribution in [2.24, 2.45) is 7.05 Å². The Morgan fingerprint density at radius 2 is 1.84 bits per heavy atom. The summed E-state index contributed by atoms with van der Waals surface area (Å²) in [5.74, 6) is 0.108. The Morgan fingerprint density at radius 3 is 2.61 bits per heavy atom. The average molecular weight is 512 g/mol. The number of nitrogens with one attached hydrogen (secondary N) is 2. The lowest BCUT2D eigenvalue weighted by Crippen LogP contribution is -2.44. The van der Waals surface area contributed by atoms with Crippen molar-refractivity contribution in [2.75, 3.05) is 36.4 Å². The molecule has 1 amide bonds. The topological polar surface area (TPSA) is 105 Å². The number of amides is 1. The molecule has 192 valence electrons. The molecule has 10 nitrogen and oxygen atoms in total. The maximum absolute atomic E-state index is 13.4. The number of aryl methyl sites for hydroxylation is 2. The van der Waals surface area contributed by atoms with Gasteiger partial charge < -0.3 is 15.5 Å². The second-order valence-electron chi connectivity index (χ2n) is 9.24. The van der Waals surface area contributed by atoms with Gasteiger partial charge >= 0.3 is 0 Å². The van der Waals surface area contributed by atoms with Gasteiger partial charge in [-0.3, -0.25) is 9.48 Å². The first-order valence-corrected chi connectivity index (χ1v) is 12.4. The summed E-state index contributed by atoms with van der Waals surface area (Å²) >= 11 is 0. The molecule has 0 bridgehead atoms. The van der Waals surface area contributed by atoms with Crippen LogP contribution in [0.2, 0.25) is 0 Å². The second kappa shape index (κ2) is 9.67. The lowest BCUT2D eigenvalue weighted by molar-refractivity contribution is 0.102. The molecule has 5 aromatic rings. The predicted octanol–water partition coefficient (Wildman–Crippen LogP) is 3.30. The summed E-state index contributed by atoms with van der Waals surface area (Å²) in [5.41, 5.74) is 5.42. The van der Waals surface area contributed by atoms with E-state index in [9.17, 15) is 9.18 Å².